The van der Waals surface area contributed by atoms with Crippen LogP contribution in [0.2, 0.25) is 0 Å². The van der Waals surface area contributed by atoms with Gasteiger partial charge in [0.05, 0.1) is 5.69 Å². The van der Waals surface area contributed by atoms with E-state index in [0.717, 1.165) is 17.7 Å². The van der Waals surface area contributed by atoms with Crippen molar-refractivity contribution in [2.24, 2.45) is 0 Å². The predicted molar refractivity (Wildman–Crippen MR) is 64.0 cm³/mol. The van der Waals surface area contributed by atoms with Gasteiger partial charge in [-0.1, -0.05) is 25.1 Å². The average molecular weight is 219 g/mol. The summed E-state index contributed by atoms with van der Waals surface area (Å²) in [6, 6.07) is 7.72. The molecular formula is C12H17N3O. The largest absolute Gasteiger partial charge is 0.338 e. The van der Waals surface area contributed by atoms with Gasteiger partial charge in [0.15, 0.2) is 0 Å². The summed E-state index contributed by atoms with van der Waals surface area (Å²) in [5.41, 5.74) is 4.82. The van der Waals surface area contributed by atoms with Gasteiger partial charge in [0.25, 0.3) is 0 Å². The van der Waals surface area contributed by atoms with Crippen molar-refractivity contribution in [1.82, 2.24) is 10.7 Å². The second-order valence-corrected chi connectivity index (χ2v) is 4.35. The second-order valence-electron chi connectivity index (χ2n) is 4.35. The minimum atomic E-state index is -0.348. The fourth-order valence-corrected chi connectivity index (χ4v) is 1.77. The SMILES string of the molecule is CC[C@@]1(C)NC(=O)N(c2ccccc2C)N1. The molecule has 0 aromatic heterocycles. The number of rotatable bonds is 2. The quantitative estimate of drug-likeness (QED) is 0.800. The number of anilines is 1. The molecule has 1 aliphatic rings. The van der Waals surface area contributed by atoms with Crippen LogP contribution in [0.15, 0.2) is 24.3 Å². The van der Waals surface area contributed by atoms with Crippen molar-refractivity contribution in [3.8, 4) is 0 Å². The smallest absolute Gasteiger partial charge is 0.317 e. The van der Waals surface area contributed by atoms with Gasteiger partial charge in [-0.15, -0.1) is 0 Å². The lowest BCUT2D eigenvalue weighted by molar-refractivity contribution is 0.247. The molecule has 0 radical (unpaired) electrons. The Morgan fingerprint density at radius 2 is 2.06 bits per heavy atom. The summed E-state index contributed by atoms with van der Waals surface area (Å²) in [5, 5.41) is 4.51. The van der Waals surface area contributed by atoms with Crippen molar-refractivity contribution in [3.63, 3.8) is 0 Å². The number of nitrogens with one attached hydrogen (secondary N) is 2. The normalized spacial score (nSPS) is 24.7. The first-order valence-corrected chi connectivity index (χ1v) is 5.51. The molecule has 0 unspecified atom stereocenters. The van der Waals surface area contributed by atoms with E-state index in [1.807, 2.05) is 45.0 Å². The summed E-state index contributed by atoms with van der Waals surface area (Å²) in [6.45, 7) is 6.00. The van der Waals surface area contributed by atoms with Crippen molar-refractivity contribution >= 4 is 11.7 Å². The molecule has 0 spiro atoms. The van der Waals surface area contributed by atoms with E-state index in [2.05, 4.69) is 10.7 Å². The standard InChI is InChI=1S/C12H17N3O/c1-4-12(3)13-11(16)15(14-12)10-8-6-5-7-9(10)2/h5-8,14H,4H2,1-3H3,(H,13,16)/t12-/m0/s1. The number of hydrazine groups is 1. The fourth-order valence-electron chi connectivity index (χ4n) is 1.77. The summed E-state index contributed by atoms with van der Waals surface area (Å²) < 4.78 is 0. The Morgan fingerprint density at radius 1 is 1.38 bits per heavy atom. The van der Waals surface area contributed by atoms with Crippen molar-refractivity contribution < 1.29 is 4.79 Å². The van der Waals surface area contributed by atoms with E-state index in [1.165, 1.54) is 0 Å². The first kappa shape index (κ1) is 11.0. The van der Waals surface area contributed by atoms with E-state index in [-0.39, 0.29) is 11.7 Å². The minimum Gasteiger partial charge on any atom is -0.317 e. The highest BCUT2D eigenvalue weighted by atomic mass is 16.2. The topological polar surface area (TPSA) is 44.4 Å². The van der Waals surface area contributed by atoms with Gasteiger partial charge in [0.1, 0.15) is 5.66 Å². The molecule has 1 heterocycles. The zero-order valence-electron chi connectivity index (χ0n) is 9.87. The molecule has 1 atom stereocenters. The van der Waals surface area contributed by atoms with Crippen molar-refractivity contribution in [2.45, 2.75) is 32.9 Å². The molecule has 4 heteroatoms. The molecule has 2 N–H and O–H groups in total. The van der Waals surface area contributed by atoms with Gasteiger partial charge in [-0.05, 0) is 31.9 Å². The zero-order chi connectivity index (χ0) is 11.8. The van der Waals surface area contributed by atoms with Gasteiger partial charge in [0, 0.05) is 0 Å². The van der Waals surface area contributed by atoms with Gasteiger partial charge in [-0.25, -0.2) is 15.2 Å². The number of hydrogen-bond acceptors (Lipinski definition) is 2. The van der Waals surface area contributed by atoms with Gasteiger partial charge >= 0.3 is 6.03 Å². The monoisotopic (exact) mass is 219 g/mol. The minimum absolute atomic E-state index is 0.0985. The van der Waals surface area contributed by atoms with E-state index in [9.17, 15) is 4.79 Å². The maximum atomic E-state index is 11.9. The molecule has 86 valence electrons. The Labute approximate surface area is 95.6 Å². The van der Waals surface area contributed by atoms with Crippen LogP contribution in [0.3, 0.4) is 0 Å². The molecule has 1 fully saturated rings. The van der Waals surface area contributed by atoms with Crippen molar-refractivity contribution in [3.05, 3.63) is 29.8 Å². The third-order valence-electron chi connectivity index (χ3n) is 3.01. The van der Waals surface area contributed by atoms with Gasteiger partial charge < -0.3 is 5.32 Å². The van der Waals surface area contributed by atoms with Crippen LogP contribution in [-0.4, -0.2) is 11.7 Å². The van der Waals surface area contributed by atoms with Crippen molar-refractivity contribution in [1.29, 1.82) is 0 Å². The lowest BCUT2D eigenvalue weighted by atomic mass is 10.1. The zero-order valence-corrected chi connectivity index (χ0v) is 9.87. The first-order valence-electron chi connectivity index (χ1n) is 5.51. The van der Waals surface area contributed by atoms with Gasteiger partial charge in [-0.3, -0.25) is 0 Å². The van der Waals surface area contributed by atoms with E-state index in [4.69, 9.17) is 0 Å². The number of aryl methyl sites for hydroxylation is 1. The molecule has 1 saturated heterocycles. The molecule has 16 heavy (non-hydrogen) atoms. The molecule has 1 aromatic carbocycles. The van der Waals surface area contributed by atoms with Crippen LogP contribution >= 0.6 is 0 Å². The van der Waals surface area contributed by atoms with Crippen molar-refractivity contribution in [2.75, 3.05) is 5.01 Å². The van der Waals surface area contributed by atoms with Crippen LogP contribution in [0.1, 0.15) is 25.8 Å². The number of hydrogen-bond donors (Lipinski definition) is 2. The summed E-state index contributed by atoms with van der Waals surface area (Å²) >= 11 is 0. The lowest BCUT2D eigenvalue weighted by Crippen LogP contribution is -2.48. The third kappa shape index (κ3) is 1.76. The number of carbonyl (C=O) groups is 1. The molecule has 0 saturated carbocycles. The highest BCUT2D eigenvalue weighted by Gasteiger charge is 2.37. The molecule has 2 rings (SSSR count). The molecule has 1 aromatic rings. The summed E-state index contributed by atoms with van der Waals surface area (Å²) in [4.78, 5) is 11.9. The fraction of sp³-hybridized carbons (Fsp3) is 0.417. The molecule has 0 bridgehead atoms. The predicted octanol–water partition coefficient (Wildman–Crippen LogP) is 2.16. The van der Waals surface area contributed by atoms with Crippen LogP contribution in [0.5, 0.6) is 0 Å². The Hall–Kier alpha value is -1.55. The van der Waals surface area contributed by atoms with Crippen LogP contribution < -0.4 is 15.8 Å². The van der Waals surface area contributed by atoms with E-state index in [0.29, 0.717) is 0 Å². The Kier molecular flexibility index (Phi) is 2.59. The van der Waals surface area contributed by atoms with E-state index in [1.54, 1.807) is 5.01 Å². The lowest BCUT2D eigenvalue weighted by Gasteiger charge is -2.23. The van der Waals surface area contributed by atoms with E-state index >= 15 is 0 Å². The number of para-hydroxylation sites is 1. The van der Waals surface area contributed by atoms with E-state index < -0.39 is 0 Å². The molecule has 2 amide bonds. The number of benzene rings is 1. The second kappa shape index (κ2) is 3.79. The Balaban J connectivity index is 2.31. The average Bonchev–Trinajstić information content (AvgIpc) is 2.56. The number of carbonyl (C=O) groups excluding carboxylic acids is 1. The highest BCUT2D eigenvalue weighted by molar-refractivity contribution is 5.94. The summed E-state index contributed by atoms with van der Waals surface area (Å²) in [7, 11) is 0. The molecule has 0 aliphatic carbocycles. The van der Waals surface area contributed by atoms with Crippen LogP contribution in [-0.2, 0) is 0 Å². The van der Waals surface area contributed by atoms with Gasteiger partial charge in [0.2, 0.25) is 0 Å². The third-order valence-corrected chi connectivity index (χ3v) is 3.01. The first-order chi connectivity index (χ1) is 7.56. The maximum absolute atomic E-state index is 11.9. The number of amides is 2. The highest BCUT2D eigenvalue weighted by Crippen LogP contribution is 2.23. The molecule has 1 aliphatic heterocycles. The maximum Gasteiger partial charge on any atom is 0.338 e. The van der Waals surface area contributed by atoms with Crippen LogP contribution in [0.25, 0.3) is 0 Å². The Bertz CT molecular complexity index is 418. The van der Waals surface area contributed by atoms with Crippen LogP contribution in [0.4, 0.5) is 10.5 Å². The molecule has 4 nitrogen and oxygen atoms in total. The van der Waals surface area contributed by atoms with Gasteiger partial charge in [-0.2, -0.15) is 0 Å². The molecular weight excluding hydrogens is 202 g/mol. The summed E-state index contributed by atoms with van der Waals surface area (Å²) in [6.07, 6.45) is 0.834. The Morgan fingerprint density at radius 3 is 2.62 bits per heavy atom. The van der Waals surface area contributed by atoms with Crippen LogP contribution in [0, 0.1) is 6.92 Å². The summed E-state index contributed by atoms with van der Waals surface area (Å²) in [5.74, 6) is 0. The number of nitrogens with zero attached hydrogens (tertiary/aromatic N) is 1. The number of urea groups is 1.